The lowest BCUT2D eigenvalue weighted by Gasteiger charge is -2.29. The van der Waals surface area contributed by atoms with Crippen LogP contribution >= 0.6 is 15.9 Å². The fourth-order valence-corrected chi connectivity index (χ4v) is 5.06. The van der Waals surface area contributed by atoms with Crippen molar-refractivity contribution in [3.8, 4) is 0 Å². The lowest BCUT2D eigenvalue weighted by molar-refractivity contribution is -0.387. The Bertz CT molecular complexity index is 697. The fourth-order valence-electron chi connectivity index (χ4n) is 3.30. The molecule has 2 heterocycles. The number of fused-ring (bicyclic) bond motifs is 2. The summed E-state index contributed by atoms with van der Waals surface area (Å²) < 4.78 is 28.1. The SMILES string of the molecule is O=[N+]([O-])c1cc(Br)ccc1S(=O)(=O)NC1CC2CCC(C1)N2. The van der Waals surface area contributed by atoms with Crippen LogP contribution in [-0.4, -0.2) is 31.5 Å². The Morgan fingerprint density at radius 2 is 1.91 bits per heavy atom. The van der Waals surface area contributed by atoms with E-state index in [9.17, 15) is 18.5 Å². The Kier molecular flexibility index (Phi) is 4.23. The highest BCUT2D eigenvalue weighted by Crippen LogP contribution is 2.30. The molecular weight excluding hydrogens is 374 g/mol. The van der Waals surface area contributed by atoms with Gasteiger partial charge in [0.2, 0.25) is 10.0 Å². The quantitative estimate of drug-likeness (QED) is 0.604. The van der Waals surface area contributed by atoms with Crippen molar-refractivity contribution in [2.75, 3.05) is 0 Å². The molecule has 22 heavy (non-hydrogen) atoms. The predicted molar refractivity (Wildman–Crippen MR) is 84.1 cm³/mol. The maximum absolute atomic E-state index is 12.5. The van der Waals surface area contributed by atoms with Crippen LogP contribution in [0.3, 0.4) is 0 Å². The largest absolute Gasteiger partial charge is 0.311 e. The van der Waals surface area contributed by atoms with E-state index in [0.717, 1.165) is 25.7 Å². The zero-order chi connectivity index (χ0) is 15.9. The maximum atomic E-state index is 12.5. The minimum atomic E-state index is -3.91. The molecule has 2 fully saturated rings. The van der Waals surface area contributed by atoms with E-state index >= 15 is 0 Å². The van der Waals surface area contributed by atoms with Crippen LogP contribution in [0, 0.1) is 10.1 Å². The number of rotatable bonds is 4. The van der Waals surface area contributed by atoms with Crippen LogP contribution in [0.25, 0.3) is 0 Å². The number of nitrogens with one attached hydrogen (secondary N) is 2. The molecule has 0 spiro atoms. The zero-order valence-electron chi connectivity index (χ0n) is 11.7. The first-order chi connectivity index (χ1) is 10.3. The fraction of sp³-hybridized carbons (Fsp3) is 0.538. The van der Waals surface area contributed by atoms with Gasteiger partial charge in [0.15, 0.2) is 4.90 Å². The lowest BCUT2D eigenvalue weighted by atomic mass is 10.0. The van der Waals surface area contributed by atoms with Gasteiger partial charge in [-0.1, -0.05) is 15.9 Å². The van der Waals surface area contributed by atoms with E-state index in [1.54, 1.807) is 0 Å². The zero-order valence-corrected chi connectivity index (χ0v) is 14.1. The Labute approximate surface area is 136 Å². The number of hydrogen-bond donors (Lipinski definition) is 2. The summed E-state index contributed by atoms with van der Waals surface area (Å²) >= 11 is 3.13. The van der Waals surface area contributed by atoms with Crippen LogP contribution in [0.5, 0.6) is 0 Å². The molecule has 2 aliphatic rings. The molecule has 7 nitrogen and oxygen atoms in total. The van der Waals surface area contributed by atoms with Crippen molar-refractivity contribution >= 4 is 31.6 Å². The third kappa shape index (κ3) is 3.17. The summed E-state index contributed by atoms with van der Waals surface area (Å²) in [6, 6.07) is 4.47. The summed E-state index contributed by atoms with van der Waals surface area (Å²) in [5.41, 5.74) is -0.418. The van der Waals surface area contributed by atoms with E-state index in [-0.39, 0.29) is 10.9 Å². The van der Waals surface area contributed by atoms with E-state index in [2.05, 4.69) is 26.0 Å². The van der Waals surface area contributed by atoms with Gasteiger partial charge in [-0.25, -0.2) is 13.1 Å². The van der Waals surface area contributed by atoms with Crippen LogP contribution < -0.4 is 10.0 Å². The number of hydrogen-bond acceptors (Lipinski definition) is 5. The number of halogens is 1. The smallest absolute Gasteiger partial charge is 0.290 e. The standard InChI is InChI=1S/C13H16BrN3O4S/c14-8-1-4-13(12(5-8)17(18)19)22(20,21)16-11-6-9-2-3-10(7-11)15-9/h1,4-5,9-11,15-16H,2-3,6-7H2. The van der Waals surface area contributed by atoms with Crippen LogP contribution in [0.15, 0.2) is 27.6 Å². The molecule has 0 saturated carbocycles. The van der Waals surface area contributed by atoms with E-state index < -0.39 is 20.6 Å². The minimum absolute atomic E-state index is 0.174. The van der Waals surface area contributed by atoms with E-state index in [1.165, 1.54) is 18.2 Å². The molecule has 120 valence electrons. The van der Waals surface area contributed by atoms with Gasteiger partial charge in [-0.3, -0.25) is 10.1 Å². The van der Waals surface area contributed by atoms with Gasteiger partial charge in [-0.05, 0) is 37.8 Å². The average molecular weight is 390 g/mol. The van der Waals surface area contributed by atoms with Gasteiger partial charge in [0.25, 0.3) is 5.69 Å². The number of sulfonamides is 1. The van der Waals surface area contributed by atoms with Crippen molar-refractivity contribution in [2.45, 2.75) is 48.7 Å². The summed E-state index contributed by atoms with van der Waals surface area (Å²) in [6.07, 6.45) is 3.56. The second kappa shape index (κ2) is 5.88. The van der Waals surface area contributed by atoms with Crippen molar-refractivity contribution in [1.29, 1.82) is 0 Å². The molecule has 2 N–H and O–H groups in total. The highest BCUT2D eigenvalue weighted by atomic mass is 79.9. The molecule has 1 aromatic carbocycles. The third-order valence-electron chi connectivity index (χ3n) is 4.20. The molecule has 2 bridgehead atoms. The minimum Gasteiger partial charge on any atom is -0.311 e. The molecule has 1 aromatic rings. The molecule has 2 aliphatic heterocycles. The Balaban J connectivity index is 1.85. The summed E-state index contributed by atoms with van der Waals surface area (Å²) in [5.74, 6) is 0. The van der Waals surface area contributed by atoms with Crippen molar-refractivity contribution in [2.24, 2.45) is 0 Å². The van der Waals surface area contributed by atoms with Gasteiger partial charge in [0.1, 0.15) is 0 Å². The Hall–Kier alpha value is -1.03. The number of nitrogens with zero attached hydrogens (tertiary/aromatic N) is 1. The maximum Gasteiger partial charge on any atom is 0.290 e. The third-order valence-corrected chi connectivity index (χ3v) is 6.26. The number of benzene rings is 1. The molecule has 0 radical (unpaired) electrons. The number of nitro benzene ring substituents is 1. The van der Waals surface area contributed by atoms with Crippen molar-refractivity contribution < 1.29 is 13.3 Å². The molecule has 0 amide bonds. The first-order valence-electron chi connectivity index (χ1n) is 7.07. The number of nitro groups is 1. The monoisotopic (exact) mass is 389 g/mol. The normalized spacial score (nSPS) is 27.8. The Morgan fingerprint density at radius 1 is 1.27 bits per heavy atom. The highest BCUT2D eigenvalue weighted by molar-refractivity contribution is 9.10. The first-order valence-corrected chi connectivity index (χ1v) is 9.35. The number of piperidine rings is 1. The van der Waals surface area contributed by atoms with Crippen LogP contribution in [0.2, 0.25) is 0 Å². The second-order valence-electron chi connectivity index (χ2n) is 5.80. The molecule has 2 saturated heterocycles. The predicted octanol–water partition coefficient (Wildman–Crippen LogP) is 1.92. The lowest BCUT2D eigenvalue weighted by Crippen LogP contribution is -2.47. The van der Waals surface area contributed by atoms with Gasteiger partial charge in [-0.15, -0.1) is 0 Å². The van der Waals surface area contributed by atoms with Gasteiger partial charge in [0.05, 0.1) is 4.92 Å². The van der Waals surface area contributed by atoms with Gasteiger partial charge in [0, 0.05) is 28.7 Å². The van der Waals surface area contributed by atoms with Gasteiger partial charge in [-0.2, -0.15) is 0 Å². The summed E-state index contributed by atoms with van der Waals surface area (Å²) in [6.45, 7) is 0. The van der Waals surface area contributed by atoms with Gasteiger partial charge < -0.3 is 5.32 Å². The molecule has 0 aromatic heterocycles. The van der Waals surface area contributed by atoms with Crippen LogP contribution in [-0.2, 0) is 10.0 Å². The summed E-state index contributed by atoms with van der Waals surface area (Å²) in [5, 5.41) is 14.5. The van der Waals surface area contributed by atoms with Crippen molar-refractivity contribution in [1.82, 2.24) is 10.0 Å². The summed E-state index contributed by atoms with van der Waals surface area (Å²) in [4.78, 5) is 10.1. The first kappa shape index (κ1) is 15.9. The van der Waals surface area contributed by atoms with E-state index in [0.29, 0.717) is 16.6 Å². The van der Waals surface area contributed by atoms with Gasteiger partial charge >= 0.3 is 0 Å². The highest BCUT2D eigenvalue weighted by Gasteiger charge is 2.36. The van der Waals surface area contributed by atoms with Crippen LogP contribution in [0.1, 0.15) is 25.7 Å². The van der Waals surface area contributed by atoms with Crippen molar-refractivity contribution in [3.63, 3.8) is 0 Å². The molecule has 2 atom stereocenters. The van der Waals surface area contributed by atoms with E-state index in [1.807, 2.05) is 0 Å². The molecule has 2 unspecified atom stereocenters. The molecule has 9 heteroatoms. The van der Waals surface area contributed by atoms with Crippen molar-refractivity contribution in [3.05, 3.63) is 32.8 Å². The molecular formula is C13H16BrN3O4S. The second-order valence-corrected chi connectivity index (χ2v) is 8.39. The topological polar surface area (TPSA) is 101 Å². The molecule has 3 rings (SSSR count). The van der Waals surface area contributed by atoms with E-state index in [4.69, 9.17) is 0 Å². The van der Waals surface area contributed by atoms with Crippen LogP contribution in [0.4, 0.5) is 5.69 Å². The Morgan fingerprint density at radius 3 is 2.50 bits per heavy atom. The summed E-state index contributed by atoms with van der Waals surface area (Å²) in [7, 11) is -3.91. The molecule has 0 aliphatic carbocycles. The average Bonchev–Trinajstić information content (AvgIpc) is 2.77.